The topological polar surface area (TPSA) is 90.8 Å². The molecule has 0 radical (unpaired) electrons. The number of aromatic hydroxyl groups is 4. The van der Waals surface area contributed by atoms with Crippen LogP contribution in [0.5, 0.6) is 23.5 Å². The molecular weight excluding hydrogens is 604 g/mol. The summed E-state index contributed by atoms with van der Waals surface area (Å²) in [7, 11) is 0. The van der Waals surface area contributed by atoms with E-state index in [1.165, 1.54) is 33.4 Å². The summed E-state index contributed by atoms with van der Waals surface area (Å²) in [5.74, 6) is -0.588. The van der Waals surface area contributed by atoms with Gasteiger partial charge in [-0.1, -0.05) is 18.2 Å². The van der Waals surface area contributed by atoms with E-state index in [9.17, 15) is 20.4 Å². The van der Waals surface area contributed by atoms with Crippen molar-refractivity contribution < 1.29 is 20.4 Å². The van der Waals surface area contributed by atoms with Crippen LogP contribution in [0.2, 0.25) is 0 Å². The van der Waals surface area contributed by atoms with Gasteiger partial charge in [-0.3, -0.25) is 9.13 Å². The second-order valence-electron chi connectivity index (χ2n) is 5.43. The largest absolute Gasteiger partial charge is 0.494 e. The van der Waals surface area contributed by atoms with Gasteiger partial charge >= 0.3 is 0 Å². The molecule has 0 saturated heterocycles. The summed E-state index contributed by atoms with van der Waals surface area (Å²) >= 11 is 13.9. The number of rotatable bonds is 4. The summed E-state index contributed by atoms with van der Waals surface area (Å²) in [4.78, 5) is 0. The van der Waals surface area contributed by atoms with E-state index in [2.05, 4.69) is 63.7 Å². The highest BCUT2D eigenvalue weighted by atomic mass is 79.9. The van der Waals surface area contributed by atoms with Crippen LogP contribution in [0, 0.1) is 0 Å². The highest BCUT2D eigenvalue weighted by Crippen LogP contribution is 2.49. The zero-order valence-corrected chi connectivity index (χ0v) is 19.2. The molecule has 0 unspecified atom stereocenters. The lowest BCUT2D eigenvalue weighted by Crippen LogP contribution is -2.23. The lowest BCUT2D eigenvalue weighted by atomic mass is 10.1. The lowest BCUT2D eigenvalue weighted by Gasteiger charge is -2.28. The van der Waals surface area contributed by atoms with Crippen LogP contribution >= 0.6 is 63.7 Å². The quantitative estimate of drug-likeness (QED) is 0.311. The molecule has 138 valence electrons. The fourth-order valence-electron chi connectivity index (χ4n) is 2.56. The molecule has 2 heterocycles. The van der Waals surface area contributed by atoms with Gasteiger partial charge in [0.05, 0.1) is 0 Å². The van der Waals surface area contributed by atoms with Crippen molar-refractivity contribution >= 4 is 63.7 Å². The molecule has 6 nitrogen and oxygen atoms in total. The second kappa shape index (κ2) is 6.81. The Kier molecular flexibility index (Phi) is 5.15. The van der Waals surface area contributed by atoms with Crippen molar-refractivity contribution in [2.45, 2.75) is 6.71 Å². The van der Waals surface area contributed by atoms with E-state index in [1.807, 2.05) is 0 Å². The molecule has 3 aromatic rings. The number of hydrogen-bond acceptors (Lipinski definition) is 4. The normalized spacial score (nSPS) is 12.5. The average molecular weight is 616 g/mol. The van der Waals surface area contributed by atoms with Gasteiger partial charge in [0.2, 0.25) is 0 Å². The molecule has 10 heteroatoms. The van der Waals surface area contributed by atoms with Gasteiger partial charge < -0.3 is 20.4 Å². The maximum Gasteiger partial charge on any atom is 0.196 e. The molecule has 26 heavy (non-hydrogen) atoms. The first kappa shape index (κ1) is 19.7. The summed E-state index contributed by atoms with van der Waals surface area (Å²) < 4.78 is 0.233. The van der Waals surface area contributed by atoms with Crippen molar-refractivity contribution in [2.24, 2.45) is 0 Å². The Balaban J connectivity index is 2.12. The summed E-state index contributed by atoms with van der Waals surface area (Å²) in [6.45, 7) is 0. The average Bonchev–Trinajstić information content (AvgIpc) is 3.09. The summed E-state index contributed by atoms with van der Waals surface area (Å²) in [5, 5.41) is 40.1. The Labute approximate surface area is 182 Å². The van der Waals surface area contributed by atoms with Gasteiger partial charge in [0, 0.05) is 35.4 Å². The number of halogens is 4. The maximum absolute atomic E-state index is 10.0. The predicted molar refractivity (Wildman–Crippen MR) is 112 cm³/mol. The van der Waals surface area contributed by atoms with E-state index in [0.717, 1.165) is 0 Å². The van der Waals surface area contributed by atoms with Gasteiger partial charge in [0.1, 0.15) is 0 Å². The van der Waals surface area contributed by atoms with Gasteiger partial charge in [-0.15, -0.1) is 0 Å². The van der Waals surface area contributed by atoms with Crippen molar-refractivity contribution in [3.63, 3.8) is 0 Å². The molecule has 3 rings (SSSR count). The number of aromatic nitrogens is 2. The first-order valence-electron chi connectivity index (χ1n) is 7.13. The molecule has 0 bridgehead atoms. The van der Waals surface area contributed by atoms with E-state index >= 15 is 0 Å². The molecule has 0 fully saturated rings. The van der Waals surface area contributed by atoms with E-state index in [0.29, 0.717) is 11.1 Å². The molecule has 4 N–H and O–H groups in total. The van der Waals surface area contributed by atoms with Crippen molar-refractivity contribution in [3.05, 3.63) is 59.7 Å². The fourth-order valence-corrected chi connectivity index (χ4v) is 5.00. The minimum atomic E-state index is -1.13. The Hall–Kier alpha value is -1.10. The van der Waals surface area contributed by atoms with Gasteiger partial charge in [0.25, 0.3) is 0 Å². The summed E-state index contributed by atoms with van der Waals surface area (Å²) in [6.07, 6.45) is 0. The van der Waals surface area contributed by atoms with Crippen LogP contribution in [-0.4, -0.2) is 29.6 Å². The van der Waals surface area contributed by atoms with Crippen molar-refractivity contribution in [2.75, 3.05) is 0 Å². The van der Waals surface area contributed by atoms with Crippen LogP contribution in [0.25, 0.3) is 0 Å². The minimum Gasteiger partial charge on any atom is -0.494 e. The zero-order valence-electron chi connectivity index (χ0n) is 12.8. The van der Waals surface area contributed by atoms with Crippen LogP contribution in [0.3, 0.4) is 0 Å². The Morgan fingerprint density at radius 2 is 0.885 bits per heavy atom. The number of benzene rings is 1. The van der Waals surface area contributed by atoms with Crippen LogP contribution in [0.4, 0.5) is 0 Å². The van der Waals surface area contributed by atoms with E-state index < -0.39 is 6.71 Å². The zero-order chi connectivity index (χ0) is 19.3. The van der Waals surface area contributed by atoms with Gasteiger partial charge in [0.15, 0.2) is 30.2 Å². The van der Waals surface area contributed by atoms with Crippen molar-refractivity contribution in [1.29, 1.82) is 0 Å². The first-order chi connectivity index (χ1) is 12.1. The van der Waals surface area contributed by atoms with Gasteiger partial charge in [-0.05, 0) is 69.8 Å². The number of nitrogens with zero attached hydrogens (tertiary/aromatic N) is 2. The highest BCUT2D eigenvalue weighted by Gasteiger charge is 2.36. The summed E-state index contributed by atoms with van der Waals surface area (Å²) in [6, 6.07) is 12.5. The molecule has 0 saturated carbocycles. The molecule has 0 aliphatic rings. The fraction of sp³-hybridized carbons (Fsp3) is 0.125. The van der Waals surface area contributed by atoms with Gasteiger partial charge in [-0.2, -0.15) is 0 Å². The SMILES string of the molecule is Oc1ccc(O)n1C(Br)(Br)c1cccc(C(Br)(Br)n2c(O)ccc2O)c1. The van der Waals surface area contributed by atoms with Crippen LogP contribution in [0.1, 0.15) is 11.1 Å². The number of hydrogen-bond donors (Lipinski definition) is 4. The van der Waals surface area contributed by atoms with E-state index in [-0.39, 0.29) is 23.5 Å². The Bertz CT molecular complexity index is 853. The Morgan fingerprint density at radius 1 is 0.577 bits per heavy atom. The monoisotopic (exact) mass is 612 g/mol. The molecule has 0 atom stereocenters. The number of alkyl halides is 4. The van der Waals surface area contributed by atoms with Crippen molar-refractivity contribution in [1.82, 2.24) is 9.13 Å². The molecule has 1 aromatic carbocycles. The van der Waals surface area contributed by atoms with Crippen LogP contribution in [0.15, 0.2) is 48.5 Å². The maximum atomic E-state index is 10.0. The second-order valence-corrected chi connectivity index (χ2v) is 12.2. The molecule has 0 aliphatic carbocycles. The predicted octanol–water partition coefficient (Wildman–Crippen LogP) is 5.01. The molecule has 2 aromatic heterocycles. The van der Waals surface area contributed by atoms with E-state index in [4.69, 9.17) is 0 Å². The van der Waals surface area contributed by atoms with E-state index in [1.54, 1.807) is 24.3 Å². The molecule has 0 spiro atoms. The van der Waals surface area contributed by atoms with Crippen LogP contribution < -0.4 is 0 Å². The van der Waals surface area contributed by atoms with Crippen LogP contribution in [-0.2, 0) is 6.71 Å². The third-order valence-electron chi connectivity index (χ3n) is 3.80. The first-order valence-corrected chi connectivity index (χ1v) is 10.3. The molecule has 0 aliphatic heterocycles. The van der Waals surface area contributed by atoms with Crippen molar-refractivity contribution in [3.8, 4) is 23.5 Å². The standard InChI is InChI=1S/C16H12Br4N2O4/c17-15(18,21-11(23)4-5-12(21)24)9-2-1-3-10(8-9)16(19,20)22-13(25)6-7-14(22)26/h1-8,23-26H. The minimum absolute atomic E-state index is 0.147. The Morgan fingerprint density at radius 3 is 1.19 bits per heavy atom. The molecular formula is C16H12Br4N2O4. The third kappa shape index (κ3) is 3.17. The summed E-state index contributed by atoms with van der Waals surface area (Å²) in [5.41, 5.74) is 1.26. The lowest BCUT2D eigenvalue weighted by molar-refractivity contribution is 0.370. The third-order valence-corrected chi connectivity index (χ3v) is 7.05. The van der Waals surface area contributed by atoms with Gasteiger partial charge in [-0.25, -0.2) is 0 Å². The molecule has 0 amide bonds. The highest BCUT2D eigenvalue weighted by molar-refractivity contribution is 9.25. The smallest absolute Gasteiger partial charge is 0.196 e.